The van der Waals surface area contributed by atoms with Crippen molar-refractivity contribution < 1.29 is 0 Å². The molecular formula is C15H34. The Labute approximate surface area is 98.9 Å². The van der Waals surface area contributed by atoms with Crippen molar-refractivity contribution in [2.75, 3.05) is 0 Å². The minimum Gasteiger partial charge on any atom is -0.0683 e. The van der Waals surface area contributed by atoms with Crippen LogP contribution < -0.4 is 0 Å². The smallest absolute Gasteiger partial charge is 0.0389 e. The summed E-state index contributed by atoms with van der Waals surface area (Å²) in [5.41, 5.74) is 0. The highest BCUT2D eigenvalue weighted by molar-refractivity contribution is 4.69. The molecule has 0 amide bonds. The first kappa shape index (κ1) is 17.4. The van der Waals surface area contributed by atoms with E-state index in [1.807, 2.05) is 13.8 Å². The molecule has 1 saturated carbocycles. The predicted molar refractivity (Wildman–Crippen MR) is 73.3 cm³/mol. The van der Waals surface area contributed by atoms with Gasteiger partial charge >= 0.3 is 0 Å². The molecule has 1 aliphatic rings. The minimum absolute atomic E-state index is 0.986. The first-order chi connectivity index (χ1) is 7.26. The van der Waals surface area contributed by atoms with Crippen molar-refractivity contribution in [2.24, 2.45) is 11.8 Å². The van der Waals surface area contributed by atoms with Crippen LogP contribution in [0.2, 0.25) is 0 Å². The maximum atomic E-state index is 2.41. The van der Waals surface area contributed by atoms with E-state index in [2.05, 4.69) is 27.7 Å². The van der Waals surface area contributed by atoms with E-state index in [1.54, 1.807) is 0 Å². The van der Waals surface area contributed by atoms with Crippen molar-refractivity contribution in [3.05, 3.63) is 0 Å². The SMILES string of the molecule is CC.CCC.CCC(C)C1CCCCC1. The molecule has 0 nitrogen and oxygen atoms in total. The molecule has 0 N–H and O–H groups in total. The number of rotatable bonds is 2. The summed E-state index contributed by atoms with van der Waals surface area (Å²) >= 11 is 0. The molecule has 0 radical (unpaired) electrons. The van der Waals surface area contributed by atoms with E-state index in [-0.39, 0.29) is 0 Å². The number of hydrogen-bond donors (Lipinski definition) is 0. The fraction of sp³-hybridized carbons (Fsp3) is 1.00. The van der Waals surface area contributed by atoms with Crippen LogP contribution in [0.5, 0.6) is 0 Å². The molecule has 0 aromatic rings. The molecule has 0 spiro atoms. The first-order valence-corrected chi connectivity index (χ1v) is 7.26. The molecule has 0 saturated heterocycles. The van der Waals surface area contributed by atoms with Gasteiger partial charge < -0.3 is 0 Å². The third kappa shape index (κ3) is 10.3. The van der Waals surface area contributed by atoms with E-state index in [4.69, 9.17) is 0 Å². The summed E-state index contributed by atoms with van der Waals surface area (Å²) in [6.07, 6.45) is 10.1. The van der Waals surface area contributed by atoms with E-state index < -0.39 is 0 Å². The molecule has 1 fully saturated rings. The van der Waals surface area contributed by atoms with Gasteiger partial charge in [0.05, 0.1) is 0 Å². The molecule has 0 aromatic heterocycles. The largest absolute Gasteiger partial charge is 0.0683 e. The maximum Gasteiger partial charge on any atom is -0.0389 e. The summed E-state index contributed by atoms with van der Waals surface area (Å²) in [6, 6.07) is 0. The van der Waals surface area contributed by atoms with E-state index in [0.29, 0.717) is 0 Å². The van der Waals surface area contributed by atoms with Crippen LogP contribution in [0.25, 0.3) is 0 Å². The molecule has 0 aromatic carbocycles. The lowest BCUT2D eigenvalue weighted by Gasteiger charge is -2.26. The minimum atomic E-state index is 0.986. The van der Waals surface area contributed by atoms with Crippen molar-refractivity contribution in [3.8, 4) is 0 Å². The van der Waals surface area contributed by atoms with Crippen LogP contribution in [0, 0.1) is 11.8 Å². The highest BCUT2D eigenvalue weighted by Crippen LogP contribution is 2.30. The lowest BCUT2D eigenvalue weighted by molar-refractivity contribution is 0.258. The monoisotopic (exact) mass is 214 g/mol. The Balaban J connectivity index is 0. The van der Waals surface area contributed by atoms with Crippen molar-refractivity contribution in [1.82, 2.24) is 0 Å². The van der Waals surface area contributed by atoms with Gasteiger partial charge in [0.15, 0.2) is 0 Å². The van der Waals surface area contributed by atoms with Gasteiger partial charge in [-0.3, -0.25) is 0 Å². The normalized spacial score (nSPS) is 18.0. The maximum absolute atomic E-state index is 2.41. The van der Waals surface area contributed by atoms with E-state index in [0.717, 1.165) is 11.8 Å². The van der Waals surface area contributed by atoms with Crippen LogP contribution in [0.4, 0.5) is 0 Å². The van der Waals surface area contributed by atoms with Gasteiger partial charge in [-0.25, -0.2) is 0 Å². The van der Waals surface area contributed by atoms with Crippen LogP contribution >= 0.6 is 0 Å². The molecule has 15 heavy (non-hydrogen) atoms. The highest BCUT2D eigenvalue weighted by atomic mass is 14.2. The van der Waals surface area contributed by atoms with Gasteiger partial charge in [0.25, 0.3) is 0 Å². The molecule has 0 heterocycles. The fourth-order valence-electron chi connectivity index (χ4n) is 2.04. The molecule has 1 unspecified atom stereocenters. The summed E-state index contributed by atoms with van der Waals surface area (Å²) in [5, 5.41) is 0. The Morgan fingerprint density at radius 3 is 1.67 bits per heavy atom. The third-order valence-corrected chi connectivity index (χ3v) is 3.10. The Bertz CT molecular complexity index is 90.2. The molecule has 0 heteroatoms. The van der Waals surface area contributed by atoms with Crippen LogP contribution in [-0.4, -0.2) is 0 Å². The Hall–Kier alpha value is 0. The second kappa shape index (κ2) is 14.0. The summed E-state index contributed by atoms with van der Waals surface area (Å²) in [4.78, 5) is 0. The van der Waals surface area contributed by atoms with E-state index >= 15 is 0 Å². The van der Waals surface area contributed by atoms with Gasteiger partial charge in [-0.15, -0.1) is 0 Å². The second-order valence-electron chi connectivity index (χ2n) is 4.49. The van der Waals surface area contributed by atoms with Crippen molar-refractivity contribution in [2.45, 2.75) is 86.5 Å². The van der Waals surface area contributed by atoms with Crippen LogP contribution in [-0.2, 0) is 0 Å². The zero-order valence-corrected chi connectivity index (χ0v) is 12.1. The Morgan fingerprint density at radius 2 is 1.33 bits per heavy atom. The number of hydrogen-bond acceptors (Lipinski definition) is 0. The third-order valence-electron chi connectivity index (χ3n) is 3.10. The molecule has 1 aliphatic carbocycles. The van der Waals surface area contributed by atoms with Crippen molar-refractivity contribution in [3.63, 3.8) is 0 Å². The van der Waals surface area contributed by atoms with E-state index in [9.17, 15) is 0 Å². The lowest BCUT2D eigenvalue weighted by Crippen LogP contribution is -2.14. The topological polar surface area (TPSA) is 0 Å². The highest BCUT2D eigenvalue weighted by Gasteiger charge is 2.17. The van der Waals surface area contributed by atoms with Crippen LogP contribution in [0.15, 0.2) is 0 Å². The summed E-state index contributed by atoms with van der Waals surface area (Å²) in [7, 11) is 0. The molecule has 1 rings (SSSR count). The van der Waals surface area contributed by atoms with Crippen LogP contribution in [0.3, 0.4) is 0 Å². The Morgan fingerprint density at radius 1 is 0.933 bits per heavy atom. The average molecular weight is 214 g/mol. The predicted octanol–water partition coefficient (Wildman–Crippen LogP) is 6.06. The summed E-state index contributed by atoms with van der Waals surface area (Å²) in [6.45, 7) is 13.0. The van der Waals surface area contributed by atoms with Gasteiger partial charge in [-0.2, -0.15) is 0 Å². The quantitative estimate of drug-likeness (QED) is 0.524. The first-order valence-electron chi connectivity index (χ1n) is 7.26. The molecule has 1 atom stereocenters. The standard InChI is InChI=1S/C10H20.C3H8.C2H6/c1-3-9(2)10-7-5-4-6-8-10;1-3-2;1-2/h9-10H,3-8H2,1-2H3;3H2,1-2H3;1-2H3. The van der Waals surface area contributed by atoms with Gasteiger partial charge in [-0.1, -0.05) is 86.5 Å². The second-order valence-corrected chi connectivity index (χ2v) is 4.49. The summed E-state index contributed by atoms with van der Waals surface area (Å²) < 4.78 is 0. The molecule has 94 valence electrons. The van der Waals surface area contributed by atoms with Gasteiger partial charge in [0.1, 0.15) is 0 Å². The molecular weight excluding hydrogens is 180 g/mol. The van der Waals surface area contributed by atoms with Crippen molar-refractivity contribution in [1.29, 1.82) is 0 Å². The van der Waals surface area contributed by atoms with Crippen LogP contribution in [0.1, 0.15) is 86.5 Å². The zero-order chi connectivity index (χ0) is 12.1. The average Bonchev–Trinajstić information content (AvgIpc) is 2.33. The zero-order valence-electron chi connectivity index (χ0n) is 12.1. The van der Waals surface area contributed by atoms with Gasteiger partial charge in [0.2, 0.25) is 0 Å². The van der Waals surface area contributed by atoms with Crippen molar-refractivity contribution >= 4 is 0 Å². The molecule has 0 bridgehead atoms. The van der Waals surface area contributed by atoms with Gasteiger partial charge in [0, 0.05) is 0 Å². The Kier molecular flexibility index (Phi) is 16.2. The summed E-state index contributed by atoms with van der Waals surface area (Å²) in [5.74, 6) is 2.05. The molecule has 0 aliphatic heterocycles. The lowest BCUT2D eigenvalue weighted by atomic mass is 9.80. The fourth-order valence-corrected chi connectivity index (χ4v) is 2.04. The van der Waals surface area contributed by atoms with Gasteiger partial charge in [-0.05, 0) is 11.8 Å². The van der Waals surface area contributed by atoms with E-state index in [1.165, 1.54) is 44.9 Å².